The van der Waals surface area contributed by atoms with Gasteiger partial charge in [-0.2, -0.15) is 4.98 Å². The first-order valence-corrected chi connectivity index (χ1v) is 9.97. The standard InChI is InChI=1S/C21H23F3N6O2/c22-11-7-15(23)18(16(24)8-11)28-21-27-17-9-25-20(26-12-1-3-14(31)4-2-12)29-19(17)30(21)13-5-6-32-10-13/h7-9,12-14,31H,1-6,10H2,(H,27,28)(H,25,26,29)/i5D2,6D,10D2,13D. The van der Waals surface area contributed by atoms with Crippen LogP contribution in [-0.2, 0) is 4.74 Å². The van der Waals surface area contributed by atoms with Gasteiger partial charge in [-0.05, 0) is 32.1 Å². The van der Waals surface area contributed by atoms with E-state index in [2.05, 4.69) is 25.6 Å². The number of aliphatic hydroxyl groups excluding tert-OH is 1. The second kappa shape index (κ2) is 8.55. The van der Waals surface area contributed by atoms with Gasteiger partial charge in [0, 0.05) is 27.5 Å². The number of aromatic nitrogens is 4. The van der Waals surface area contributed by atoms with Crippen molar-refractivity contribution in [1.29, 1.82) is 0 Å². The molecule has 1 saturated carbocycles. The number of aliphatic hydroxyl groups is 1. The lowest BCUT2D eigenvalue weighted by Gasteiger charge is -2.26. The van der Waals surface area contributed by atoms with Gasteiger partial charge < -0.3 is 20.5 Å². The van der Waals surface area contributed by atoms with Crippen molar-refractivity contribution in [2.24, 2.45) is 0 Å². The minimum absolute atomic E-state index is 0.0248. The van der Waals surface area contributed by atoms with Gasteiger partial charge in [-0.15, -0.1) is 0 Å². The molecule has 170 valence electrons. The number of imidazole rings is 1. The van der Waals surface area contributed by atoms with E-state index in [-0.39, 0.29) is 23.2 Å². The fourth-order valence-corrected chi connectivity index (χ4v) is 3.73. The number of fused-ring (bicyclic) bond motifs is 1. The third kappa shape index (κ3) is 4.09. The molecule has 2 aliphatic rings. The predicted octanol–water partition coefficient (Wildman–Crippen LogP) is 3.66. The maximum atomic E-state index is 14.5. The average Bonchev–Trinajstić information content (AvgIpc) is 3.24. The lowest BCUT2D eigenvalue weighted by atomic mass is 9.93. The minimum atomic E-state index is -3.13. The van der Waals surface area contributed by atoms with E-state index in [1.807, 2.05) is 0 Å². The fourth-order valence-electron chi connectivity index (χ4n) is 3.73. The van der Waals surface area contributed by atoms with Gasteiger partial charge in [-0.3, -0.25) is 4.57 Å². The molecular weight excluding hydrogens is 425 g/mol. The Bertz CT molecular complexity index is 1370. The molecule has 5 rings (SSSR count). The summed E-state index contributed by atoms with van der Waals surface area (Å²) in [4.78, 5) is 12.6. The van der Waals surface area contributed by atoms with E-state index < -0.39 is 60.7 Å². The summed E-state index contributed by atoms with van der Waals surface area (Å²) in [6.45, 7) is -5.28. The molecule has 8 nitrogen and oxygen atoms in total. The van der Waals surface area contributed by atoms with Crippen molar-refractivity contribution in [3.8, 4) is 0 Å². The van der Waals surface area contributed by atoms with Crippen molar-refractivity contribution in [2.45, 2.75) is 50.2 Å². The van der Waals surface area contributed by atoms with Crippen LogP contribution in [0, 0.1) is 17.5 Å². The van der Waals surface area contributed by atoms with Crippen molar-refractivity contribution in [2.75, 3.05) is 23.8 Å². The largest absolute Gasteiger partial charge is 0.393 e. The van der Waals surface area contributed by atoms with Crippen molar-refractivity contribution in [3.05, 3.63) is 35.8 Å². The van der Waals surface area contributed by atoms with Gasteiger partial charge in [-0.1, -0.05) is 0 Å². The SMILES string of the molecule is [2H]C1OC([2H])([2H])C([2H])(n2c(Nc3c(F)cc(F)cc3F)nc3cnc(NC4CCC(O)CC4)nc32)C1([2H])[2H]. The highest BCUT2D eigenvalue weighted by atomic mass is 19.1. The van der Waals surface area contributed by atoms with Gasteiger partial charge in [-0.25, -0.2) is 23.1 Å². The van der Waals surface area contributed by atoms with Crippen LogP contribution >= 0.6 is 0 Å². The molecule has 1 aliphatic heterocycles. The summed E-state index contributed by atoms with van der Waals surface area (Å²) in [6, 6.07) is -2.39. The zero-order valence-electron chi connectivity index (χ0n) is 22.6. The van der Waals surface area contributed by atoms with Crippen molar-refractivity contribution < 1.29 is 31.2 Å². The van der Waals surface area contributed by atoms with Crippen LogP contribution in [0.4, 0.5) is 30.8 Å². The Morgan fingerprint density at radius 1 is 1.16 bits per heavy atom. The summed E-state index contributed by atoms with van der Waals surface area (Å²) in [7, 11) is 0. The third-order valence-corrected chi connectivity index (χ3v) is 5.31. The molecule has 0 amide bonds. The molecule has 1 aliphatic carbocycles. The maximum absolute atomic E-state index is 14.5. The van der Waals surface area contributed by atoms with Crippen molar-refractivity contribution in [3.63, 3.8) is 0 Å². The number of ether oxygens (including phenoxy) is 1. The Labute approximate surface area is 190 Å². The Hall–Kier alpha value is -2.92. The van der Waals surface area contributed by atoms with Crippen LogP contribution in [0.2, 0.25) is 0 Å². The molecule has 1 aromatic carbocycles. The van der Waals surface area contributed by atoms with Gasteiger partial charge >= 0.3 is 0 Å². The number of nitrogens with one attached hydrogen (secondary N) is 2. The summed E-state index contributed by atoms with van der Waals surface area (Å²) in [5.74, 6) is -4.50. The molecule has 2 fully saturated rings. The Morgan fingerprint density at radius 2 is 1.91 bits per heavy atom. The average molecular weight is 454 g/mol. The number of anilines is 3. The number of hydrogen-bond donors (Lipinski definition) is 3. The number of halogens is 3. The molecule has 2 atom stereocenters. The molecule has 0 bridgehead atoms. The normalized spacial score (nSPS) is 34.1. The fraction of sp³-hybridized carbons (Fsp3) is 0.476. The van der Waals surface area contributed by atoms with E-state index in [9.17, 15) is 18.3 Å². The summed E-state index contributed by atoms with van der Waals surface area (Å²) >= 11 is 0. The predicted molar refractivity (Wildman–Crippen MR) is 111 cm³/mol. The molecule has 0 radical (unpaired) electrons. The van der Waals surface area contributed by atoms with Gasteiger partial charge in [0.1, 0.15) is 17.0 Å². The summed E-state index contributed by atoms with van der Waals surface area (Å²) < 4.78 is 98.2. The third-order valence-electron chi connectivity index (χ3n) is 5.31. The van der Waals surface area contributed by atoms with Gasteiger partial charge in [0.15, 0.2) is 17.3 Å². The maximum Gasteiger partial charge on any atom is 0.224 e. The van der Waals surface area contributed by atoms with E-state index in [4.69, 9.17) is 13.0 Å². The van der Waals surface area contributed by atoms with Crippen LogP contribution in [0.3, 0.4) is 0 Å². The molecule has 3 aromatic rings. The van der Waals surface area contributed by atoms with E-state index in [1.54, 1.807) is 0 Å². The van der Waals surface area contributed by atoms with Gasteiger partial charge in [0.2, 0.25) is 11.9 Å². The van der Waals surface area contributed by atoms with Crippen LogP contribution in [0.5, 0.6) is 0 Å². The smallest absolute Gasteiger partial charge is 0.224 e. The number of benzene rings is 1. The molecular formula is C21H23F3N6O2. The molecule has 11 heteroatoms. The van der Waals surface area contributed by atoms with E-state index in [0.717, 1.165) is 0 Å². The number of rotatable bonds is 5. The molecule has 1 saturated heterocycles. The zero-order chi connectivity index (χ0) is 27.6. The first-order chi connectivity index (χ1) is 17.7. The minimum Gasteiger partial charge on any atom is -0.393 e. The van der Waals surface area contributed by atoms with Crippen LogP contribution in [-0.4, -0.2) is 49.9 Å². The second-order valence-electron chi connectivity index (χ2n) is 7.52. The van der Waals surface area contributed by atoms with Crippen molar-refractivity contribution >= 4 is 28.7 Å². The van der Waals surface area contributed by atoms with Gasteiger partial charge in [0.05, 0.1) is 30.4 Å². The lowest BCUT2D eigenvalue weighted by Crippen LogP contribution is -2.29. The summed E-state index contributed by atoms with van der Waals surface area (Å²) in [6.07, 6.45) is 0.103. The Kier molecular flexibility index (Phi) is 4.01. The molecule has 2 aromatic heterocycles. The monoisotopic (exact) mass is 454 g/mol. The van der Waals surface area contributed by atoms with Crippen LogP contribution in [0.25, 0.3) is 11.2 Å². The molecule has 0 spiro atoms. The Balaban J connectivity index is 1.68. The topological polar surface area (TPSA) is 97.1 Å². The lowest BCUT2D eigenvalue weighted by molar-refractivity contribution is 0.126. The van der Waals surface area contributed by atoms with Crippen LogP contribution in [0.15, 0.2) is 18.3 Å². The van der Waals surface area contributed by atoms with Crippen molar-refractivity contribution in [1.82, 2.24) is 19.5 Å². The van der Waals surface area contributed by atoms with Gasteiger partial charge in [0.25, 0.3) is 0 Å². The molecule has 32 heavy (non-hydrogen) atoms. The second-order valence-corrected chi connectivity index (χ2v) is 7.52. The number of nitrogens with zero attached hydrogens (tertiary/aromatic N) is 4. The quantitative estimate of drug-likeness (QED) is 0.541. The molecule has 2 unspecified atom stereocenters. The summed E-state index contributed by atoms with van der Waals surface area (Å²) in [5.41, 5.74) is -1.27. The highest BCUT2D eigenvalue weighted by molar-refractivity contribution is 5.76. The summed E-state index contributed by atoms with van der Waals surface area (Å²) in [5, 5.41) is 15.1. The van der Waals surface area contributed by atoms with E-state index in [1.165, 1.54) is 6.20 Å². The van der Waals surface area contributed by atoms with E-state index in [0.29, 0.717) is 42.4 Å². The Morgan fingerprint density at radius 3 is 2.59 bits per heavy atom. The molecule has 3 N–H and O–H groups in total. The van der Waals surface area contributed by atoms with Crippen LogP contribution < -0.4 is 10.6 Å². The zero-order valence-corrected chi connectivity index (χ0v) is 16.6. The van der Waals surface area contributed by atoms with E-state index >= 15 is 0 Å². The highest BCUT2D eigenvalue weighted by Crippen LogP contribution is 2.32. The number of hydrogen-bond acceptors (Lipinski definition) is 7. The first kappa shape index (κ1) is 15.0. The highest BCUT2D eigenvalue weighted by Gasteiger charge is 2.27. The van der Waals surface area contributed by atoms with Crippen LogP contribution in [0.1, 0.15) is 46.3 Å². The first-order valence-electron chi connectivity index (χ1n) is 13.0. The molecule has 3 heterocycles.